The van der Waals surface area contributed by atoms with E-state index in [1.165, 1.54) is 30.3 Å². The molecule has 0 radical (unpaired) electrons. The second kappa shape index (κ2) is 9.00. The van der Waals surface area contributed by atoms with E-state index in [0.29, 0.717) is 24.1 Å². The zero-order valence-electron chi connectivity index (χ0n) is 19.5. The average Bonchev–Trinajstić information content (AvgIpc) is 3.53. The maximum absolute atomic E-state index is 13.4. The van der Waals surface area contributed by atoms with Crippen molar-refractivity contribution in [3.8, 4) is 22.5 Å². The molecular weight excluding hydrogens is 560 g/mol. The van der Waals surface area contributed by atoms with Crippen LogP contribution in [0.2, 0.25) is 0 Å². The summed E-state index contributed by atoms with van der Waals surface area (Å²) in [6, 6.07) is 7.73. The van der Waals surface area contributed by atoms with Gasteiger partial charge in [-0.3, -0.25) is 4.72 Å². The van der Waals surface area contributed by atoms with Crippen LogP contribution in [-0.2, 0) is 29.9 Å². The Morgan fingerprint density at radius 1 is 0.974 bits per heavy atom. The number of tetrazole rings is 1. The van der Waals surface area contributed by atoms with Crippen molar-refractivity contribution in [3.63, 3.8) is 0 Å². The number of amides is 2. The largest absolute Gasteiger partial charge is 0.351 e. The number of nitrogens with one attached hydrogen (secondary N) is 2. The van der Waals surface area contributed by atoms with Gasteiger partial charge in [0.05, 0.1) is 15.7 Å². The number of aromatic nitrogens is 4. The molecule has 1 aliphatic heterocycles. The maximum atomic E-state index is 13.4. The predicted octanol–water partition coefficient (Wildman–Crippen LogP) is -0.378. The minimum absolute atomic E-state index is 0.207. The number of benzene rings is 2. The lowest BCUT2D eigenvalue weighted by Crippen LogP contribution is -2.58. The molecule has 0 atom stereocenters. The number of hydrogen-bond donors (Lipinski definition) is 4. The van der Waals surface area contributed by atoms with Crippen LogP contribution in [0.5, 0.6) is 0 Å². The van der Waals surface area contributed by atoms with E-state index in [4.69, 9.17) is 10.9 Å². The number of aromatic amines is 1. The van der Waals surface area contributed by atoms with E-state index in [-0.39, 0.29) is 30.0 Å². The van der Waals surface area contributed by atoms with Gasteiger partial charge in [0, 0.05) is 18.8 Å². The molecule has 0 unspecified atom stereocenters. The number of anilines is 1. The third kappa shape index (κ3) is 4.70. The predicted molar refractivity (Wildman–Crippen MR) is 134 cm³/mol. The fraction of sp³-hybridized carbons (Fsp3) is 0.300. The zero-order valence-corrected chi connectivity index (χ0v) is 21.9. The van der Waals surface area contributed by atoms with Gasteiger partial charge in [-0.25, -0.2) is 35.2 Å². The summed E-state index contributed by atoms with van der Waals surface area (Å²) >= 11 is 0. The first-order valence-electron chi connectivity index (χ1n) is 11.1. The van der Waals surface area contributed by atoms with Crippen molar-refractivity contribution in [2.75, 3.05) is 17.8 Å². The number of carbonyl (C=O) groups is 1. The first-order valence-corrected chi connectivity index (χ1v) is 15.8. The van der Waals surface area contributed by atoms with E-state index in [0.717, 1.165) is 11.0 Å². The van der Waals surface area contributed by atoms with Gasteiger partial charge in [-0.2, -0.15) is 5.21 Å². The SMILES string of the molecule is NC(=O)N1CC(S(=O)(=O)c2ccc(-c3ccc(NS(=O)(=O)C4CC4)cc3)c(-c3nn[nH]n3)c2S(N)(=O)=O)C1. The van der Waals surface area contributed by atoms with Crippen LogP contribution in [0.1, 0.15) is 12.8 Å². The van der Waals surface area contributed by atoms with E-state index in [9.17, 15) is 30.0 Å². The summed E-state index contributed by atoms with van der Waals surface area (Å²) in [6.45, 7) is -0.418. The molecule has 2 fully saturated rings. The first-order chi connectivity index (χ1) is 17.8. The van der Waals surface area contributed by atoms with Gasteiger partial charge in [0.15, 0.2) is 9.84 Å². The Labute approximate surface area is 217 Å². The normalized spacial score (nSPS) is 16.7. The molecule has 202 valence electrons. The number of primary amides is 1. The van der Waals surface area contributed by atoms with Crippen molar-refractivity contribution >= 4 is 41.6 Å². The molecule has 1 saturated heterocycles. The number of sulfone groups is 1. The molecule has 2 amide bonds. The lowest BCUT2D eigenvalue weighted by molar-refractivity contribution is 0.178. The van der Waals surface area contributed by atoms with E-state index < -0.39 is 56.2 Å². The molecule has 1 aliphatic carbocycles. The van der Waals surface area contributed by atoms with E-state index in [2.05, 4.69) is 25.3 Å². The molecule has 6 N–H and O–H groups in total. The molecule has 18 heteroatoms. The molecule has 5 rings (SSSR count). The van der Waals surface area contributed by atoms with Gasteiger partial charge < -0.3 is 10.6 Å². The third-order valence-corrected chi connectivity index (χ3v) is 11.4. The highest BCUT2D eigenvalue weighted by molar-refractivity contribution is 7.94. The molecule has 2 aromatic carbocycles. The molecule has 0 spiro atoms. The highest BCUT2D eigenvalue weighted by Crippen LogP contribution is 2.40. The van der Waals surface area contributed by atoms with E-state index in [1.54, 1.807) is 0 Å². The highest BCUT2D eigenvalue weighted by atomic mass is 32.2. The Kier molecular flexibility index (Phi) is 6.16. The molecule has 2 aliphatic rings. The number of rotatable bonds is 8. The number of carbonyl (C=O) groups excluding carboxylic acids is 1. The average molecular weight is 583 g/mol. The summed E-state index contributed by atoms with van der Waals surface area (Å²) in [5.74, 6) is -0.230. The number of nitrogens with two attached hydrogens (primary N) is 2. The van der Waals surface area contributed by atoms with Crippen LogP contribution in [0.25, 0.3) is 22.5 Å². The van der Waals surface area contributed by atoms with Gasteiger partial charge in [0.1, 0.15) is 10.1 Å². The Morgan fingerprint density at radius 2 is 1.63 bits per heavy atom. The third-order valence-electron chi connectivity index (χ3n) is 6.30. The topological polar surface area (TPSA) is 241 Å². The van der Waals surface area contributed by atoms with E-state index >= 15 is 0 Å². The second-order valence-corrected chi connectivity index (χ2v) is 14.6. The smallest absolute Gasteiger partial charge is 0.314 e. The van der Waals surface area contributed by atoms with Crippen molar-refractivity contribution in [1.29, 1.82) is 0 Å². The summed E-state index contributed by atoms with van der Waals surface area (Å²) in [7, 11) is -12.5. The fourth-order valence-corrected chi connectivity index (χ4v) is 8.79. The quantitative estimate of drug-likeness (QED) is 0.268. The maximum Gasteiger partial charge on any atom is 0.314 e. The summed E-state index contributed by atoms with van der Waals surface area (Å²) in [5, 5.41) is 17.4. The number of nitrogens with zero attached hydrogens (tertiary/aromatic N) is 4. The van der Waals surface area contributed by atoms with Crippen LogP contribution in [0, 0.1) is 0 Å². The first kappa shape index (κ1) is 26.0. The zero-order chi connectivity index (χ0) is 27.5. The van der Waals surface area contributed by atoms with Crippen molar-refractivity contribution in [2.24, 2.45) is 10.9 Å². The Bertz CT molecular complexity index is 1730. The Hall–Kier alpha value is -3.61. The number of urea groups is 1. The van der Waals surface area contributed by atoms with Crippen LogP contribution in [0.4, 0.5) is 10.5 Å². The van der Waals surface area contributed by atoms with Crippen LogP contribution >= 0.6 is 0 Å². The summed E-state index contributed by atoms with van der Waals surface area (Å²) < 4.78 is 79.6. The Balaban J connectivity index is 1.63. The Morgan fingerprint density at radius 3 is 2.16 bits per heavy atom. The summed E-state index contributed by atoms with van der Waals surface area (Å²) in [4.78, 5) is 11.1. The molecule has 1 aromatic heterocycles. The molecule has 0 bridgehead atoms. The lowest BCUT2D eigenvalue weighted by atomic mass is 9.99. The molecule has 2 heterocycles. The number of likely N-dealkylation sites (tertiary alicyclic amines) is 1. The number of sulfonamides is 2. The van der Waals surface area contributed by atoms with Gasteiger partial charge in [-0.05, 0) is 47.4 Å². The number of primary sulfonamides is 1. The van der Waals surface area contributed by atoms with Crippen LogP contribution in [-0.4, -0.2) is 80.4 Å². The second-order valence-electron chi connectivity index (χ2n) is 8.93. The molecule has 15 nitrogen and oxygen atoms in total. The molecule has 1 saturated carbocycles. The summed E-state index contributed by atoms with van der Waals surface area (Å²) in [6.07, 6.45) is 1.18. The van der Waals surface area contributed by atoms with Crippen molar-refractivity contribution in [1.82, 2.24) is 25.5 Å². The van der Waals surface area contributed by atoms with Gasteiger partial charge in [0.25, 0.3) is 0 Å². The lowest BCUT2D eigenvalue weighted by Gasteiger charge is -2.37. The monoisotopic (exact) mass is 582 g/mol. The van der Waals surface area contributed by atoms with Gasteiger partial charge in [-0.1, -0.05) is 18.2 Å². The van der Waals surface area contributed by atoms with Crippen LogP contribution < -0.4 is 15.6 Å². The number of H-pyrrole nitrogens is 1. The van der Waals surface area contributed by atoms with Crippen molar-refractivity contribution < 1.29 is 30.0 Å². The number of hydrogen-bond acceptors (Lipinski definition) is 10. The van der Waals surface area contributed by atoms with Crippen LogP contribution in [0.3, 0.4) is 0 Å². The highest BCUT2D eigenvalue weighted by Gasteiger charge is 2.43. The molecule has 3 aromatic rings. The van der Waals surface area contributed by atoms with Crippen LogP contribution in [0.15, 0.2) is 46.2 Å². The molecular formula is C20H22N8O7S3. The van der Waals surface area contributed by atoms with Gasteiger partial charge in [-0.15, -0.1) is 10.2 Å². The van der Waals surface area contributed by atoms with Gasteiger partial charge in [0.2, 0.25) is 25.9 Å². The minimum atomic E-state index is -4.68. The fourth-order valence-electron chi connectivity index (χ4n) is 4.14. The summed E-state index contributed by atoms with van der Waals surface area (Å²) in [5.41, 5.74) is 5.89. The van der Waals surface area contributed by atoms with E-state index in [1.807, 2.05) is 0 Å². The minimum Gasteiger partial charge on any atom is -0.351 e. The molecule has 38 heavy (non-hydrogen) atoms. The van der Waals surface area contributed by atoms with Crippen molar-refractivity contribution in [2.45, 2.75) is 33.1 Å². The standard InChI is InChI=1S/C20H22N8O7S3/c21-20(29)28-9-14(10-28)36(30,31)16-8-7-15(17(18(16)37(22,32)33)19-23-26-27-24-19)11-1-3-12(4-2-11)25-38(34,35)13-5-6-13/h1-4,7-8,13-14,25H,5-6,9-10H2,(H2,21,29)(H2,22,32,33)(H,23,24,26,27). The van der Waals surface area contributed by atoms with Crippen molar-refractivity contribution in [3.05, 3.63) is 36.4 Å². The van der Waals surface area contributed by atoms with Gasteiger partial charge >= 0.3 is 6.03 Å².